The molecule has 2 aromatic heterocycles. The van der Waals surface area contributed by atoms with E-state index in [9.17, 15) is 4.79 Å². The first-order chi connectivity index (χ1) is 12.1. The molecule has 0 unspecified atom stereocenters. The second kappa shape index (κ2) is 6.84. The summed E-state index contributed by atoms with van der Waals surface area (Å²) in [6.45, 7) is 1.97. The van der Waals surface area contributed by atoms with Crippen LogP contribution >= 0.6 is 0 Å². The van der Waals surface area contributed by atoms with E-state index in [1.54, 1.807) is 43.1 Å². The quantitative estimate of drug-likeness (QED) is 0.716. The van der Waals surface area contributed by atoms with E-state index in [2.05, 4.69) is 5.10 Å². The molecule has 0 spiro atoms. The van der Waals surface area contributed by atoms with Crippen LogP contribution in [-0.4, -0.2) is 41.7 Å². The summed E-state index contributed by atoms with van der Waals surface area (Å²) in [7, 11) is 4.99. The molecule has 0 fully saturated rings. The molecule has 1 aromatic carbocycles. The summed E-state index contributed by atoms with van der Waals surface area (Å²) in [5.74, 6) is 1.24. The molecule has 3 rings (SSSR count). The van der Waals surface area contributed by atoms with Gasteiger partial charge in [0.15, 0.2) is 0 Å². The van der Waals surface area contributed by atoms with Crippen molar-refractivity contribution in [2.75, 3.05) is 21.3 Å². The molecule has 3 aromatic rings. The third-order valence-electron chi connectivity index (χ3n) is 4.44. The summed E-state index contributed by atoms with van der Waals surface area (Å²) in [6.07, 6.45) is 3.36. The second-order valence-corrected chi connectivity index (χ2v) is 5.76. The van der Waals surface area contributed by atoms with Crippen LogP contribution in [0.15, 0.2) is 48.8 Å². The summed E-state index contributed by atoms with van der Waals surface area (Å²) in [5, 5.41) is 4.26. The first kappa shape index (κ1) is 16.8. The van der Waals surface area contributed by atoms with Crippen LogP contribution in [0.25, 0.3) is 5.52 Å². The van der Waals surface area contributed by atoms with Crippen LogP contribution in [0.2, 0.25) is 0 Å². The number of benzene rings is 1. The number of methoxy groups -OCH3 is 2. The molecule has 6 heteroatoms. The lowest BCUT2D eigenvalue weighted by Gasteiger charge is -2.26. The van der Waals surface area contributed by atoms with Gasteiger partial charge < -0.3 is 14.4 Å². The van der Waals surface area contributed by atoms with E-state index in [0.717, 1.165) is 11.3 Å². The Kier molecular flexibility index (Phi) is 4.61. The van der Waals surface area contributed by atoms with E-state index >= 15 is 0 Å². The Hall–Kier alpha value is -3.02. The fraction of sp³-hybridized carbons (Fsp3) is 0.263. The number of nitrogens with zero attached hydrogens (tertiary/aromatic N) is 3. The summed E-state index contributed by atoms with van der Waals surface area (Å²) in [5.41, 5.74) is 2.11. The molecular formula is C19H21N3O3. The summed E-state index contributed by atoms with van der Waals surface area (Å²) in [4.78, 5) is 14.8. The topological polar surface area (TPSA) is 56.1 Å². The molecule has 0 N–H and O–H groups in total. The lowest BCUT2D eigenvalue weighted by Crippen LogP contribution is -2.29. The van der Waals surface area contributed by atoms with Crippen LogP contribution < -0.4 is 9.47 Å². The molecule has 0 aliphatic rings. The molecule has 0 saturated heterocycles. The average Bonchev–Trinajstić information content (AvgIpc) is 3.10. The molecule has 130 valence electrons. The van der Waals surface area contributed by atoms with Crippen LogP contribution in [0.1, 0.15) is 28.9 Å². The van der Waals surface area contributed by atoms with E-state index in [0.29, 0.717) is 16.8 Å². The number of hydrogen-bond acceptors (Lipinski definition) is 4. The van der Waals surface area contributed by atoms with Gasteiger partial charge in [0.05, 0.1) is 32.0 Å². The number of aromatic nitrogens is 2. The molecule has 1 amide bonds. The third-order valence-corrected chi connectivity index (χ3v) is 4.44. The monoisotopic (exact) mass is 339 g/mol. The highest BCUT2D eigenvalue weighted by atomic mass is 16.5. The Bertz CT molecular complexity index is 904. The minimum Gasteiger partial charge on any atom is -0.496 e. The van der Waals surface area contributed by atoms with Crippen molar-refractivity contribution < 1.29 is 14.3 Å². The predicted molar refractivity (Wildman–Crippen MR) is 95.2 cm³/mol. The maximum absolute atomic E-state index is 13.1. The van der Waals surface area contributed by atoms with Crippen molar-refractivity contribution in [2.24, 2.45) is 0 Å². The summed E-state index contributed by atoms with van der Waals surface area (Å²) < 4.78 is 12.5. The van der Waals surface area contributed by atoms with Crippen LogP contribution in [-0.2, 0) is 0 Å². The molecule has 0 aliphatic carbocycles. The van der Waals surface area contributed by atoms with Gasteiger partial charge in [-0.1, -0.05) is 18.2 Å². The molecule has 0 aliphatic heterocycles. The number of fused-ring (bicyclic) bond motifs is 1. The molecule has 1 atom stereocenters. The smallest absolute Gasteiger partial charge is 0.258 e. The lowest BCUT2D eigenvalue weighted by atomic mass is 10.1. The van der Waals surface area contributed by atoms with Crippen molar-refractivity contribution >= 4 is 11.4 Å². The standard InChI is InChI=1S/C19H21N3O3/c1-13(14-8-5-6-9-16(14)24-3)21(2)19(23)15-12-20-22-11-7-10-17(25-4)18(15)22/h5-13H,1-4H3/t13-/m1/s1. The largest absolute Gasteiger partial charge is 0.496 e. The number of carbonyl (C=O) groups excluding carboxylic acids is 1. The van der Waals surface area contributed by atoms with E-state index in [1.165, 1.54) is 0 Å². The van der Waals surface area contributed by atoms with E-state index in [1.807, 2.05) is 43.3 Å². The predicted octanol–water partition coefficient (Wildman–Crippen LogP) is 3.18. The van der Waals surface area contributed by atoms with Gasteiger partial charge in [-0.3, -0.25) is 4.79 Å². The highest BCUT2D eigenvalue weighted by molar-refractivity contribution is 6.02. The fourth-order valence-electron chi connectivity index (χ4n) is 2.92. The van der Waals surface area contributed by atoms with Crippen molar-refractivity contribution in [1.82, 2.24) is 14.5 Å². The summed E-state index contributed by atoms with van der Waals surface area (Å²) >= 11 is 0. The van der Waals surface area contributed by atoms with Crippen molar-refractivity contribution in [3.63, 3.8) is 0 Å². The molecule has 2 heterocycles. The van der Waals surface area contributed by atoms with Gasteiger partial charge in [-0.15, -0.1) is 0 Å². The van der Waals surface area contributed by atoms with Crippen LogP contribution in [0, 0.1) is 0 Å². The Morgan fingerprint density at radius 1 is 1.12 bits per heavy atom. The Labute approximate surface area is 146 Å². The van der Waals surface area contributed by atoms with Gasteiger partial charge in [-0.25, -0.2) is 4.52 Å². The molecule has 25 heavy (non-hydrogen) atoms. The van der Waals surface area contributed by atoms with Gasteiger partial charge in [0.1, 0.15) is 17.0 Å². The van der Waals surface area contributed by atoms with Gasteiger partial charge in [0, 0.05) is 18.8 Å². The SMILES string of the molecule is COc1ccccc1[C@@H](C)N(C)C(=O)c1cnn2cccc(OC)c12. The van der Waals surface area contributed by atoms with Crippen molar-refractivity contribution in [2.45, 2.75) is 13.0 Å². The van der Waals surface area contributed by atoms with Crippen molar-refractivity contribution in [3.05, 3.63) is 59.9 Å². The molecule has 0 saturated carbocycles. The number of para-hydroxylation sites is 1. The number of carbonyl (C=O) groups is 1. The lowest BCUT2D eigenvalue weighted by molar-refractivity contribution is 0.0743. The zero-order chi connectivity index (χ0) is 18.0. The van der Waals surface area contributed by atoms with Gasteiger partial charge in [-0.2, -0.15) is 5.10 Å². The maximum atomic E-state index is 13.1. The summed E-state index contributed by atoms with van der Waals surface area (Å²) in [6, 6.07) is 11.2. The van der Waals surface area contributed by atoms with E-state index in [-0.39, 0.29) is 11.9 Å². The number of pyridine rings is 1. The van der Waals surface area contributed by atoms with Crippen molar-refractivity contribution in [3.8, 4) is 11.5 Å². The molecular weight excluding hydrogens is 318 g/mol. The second-order valence-electron chi connectivity index (χ2n) is 5.76. The van der Waals surface area contributed by atoms with Crippen LogP contribution in [0.5, 0.6) is 11.5 Å². The molecule has 6 nitrogen and oxygen atoms in total. The Morgan fingerprint density at radius 3 is 2.52 bits per heavy atom. The normalized spacial score (nSPS) is 12.0. The Morgan fingerprint density at radius 2 is 1.80 bits per heavy atom. The number of ether oxygens (including phenoxy) is 2. The molecule has 0 radical (unpaired) electrons. The fourth-order valence-corrected chi connectivity index (χ4v) is 2.92. The van der Waals surface area contributed by atoms with E-state index < -0.39 is 0 Å². The van der Waals surface area contributed by atoms with Gasteiger partial charge in [-0.05, 0) is 25.1 Å². The van der Waals surface area contributed by atoms with Gasteiger partial charge >= 0.3 is 0 Å². The van der Waals surface area contributed by atoms with Crippen LogP contribution in [0.3, 0.4) is 0 Å². The van der Waals surface area contributed by atoms with Gasteiger partial charge in [0.2, 0.25) is 0 Å². The first-order valence-corrected chi connectivity index (χ1v) is 7.99. The molecule has 0 bridgehead atoms. The third kappa shape index (κ3) is 2.91. The average molecular weight is 339 g/mol. The zero-order valence-corrected chi connectivity index (χ0v) is 14.8. The van der Waals surface area contributed by atoms with Gasteiger partial charge in [0.25, 0.3) is 5.91 Å². The van der Waals surface area contributed by atoms with Crippen molar-refractivity contribution in [1.29, 1.82) is 0 Å². The zero-order valence-electron chi connectivity index (χ0n) is 14.8. The first-order valence-electron chi connectivity index (χ1n) is 7.99. The Balaban J connectivity index is 1.98. The number of amides is 1. The van der Waals surface area contributed by atoms with Crippen LogP contribution in [0.4, 0.5) is 0 Å². The van der Waals surface area contributed by atoms with E-state index in [4.69, 9.17) is 9.47 Å². The minimum atomic E-state index is -0.159. The number of hydrogen-bond donors (Lipinski definition) is 0. The highest BCUT2D eigenvalue weighted by Gasteiger charge is 2.25. The number of rotatable bonds is 5. The minimum absolute atomic E-state index is 0.127. The maximum Gasteiger partial charge on any atom is 0.258 e. The highest BCUT2D eigenvalue weighted by Crippen LogP contribution is 2.30.